The number of hydrogen-bond acceptors (Lipinski definition) is 6. The predicted molar refractivity (Wildman–Crippen MR) is 69.2 cm³/mol. The molecule has 0 atom stereocenters. The van der Waals surface area contributed by atoms with Crippen LogP contribution in [0.3, 0.4) is 0 Å². The van der Waals surface area contributed by atoms with Gasteiger partial charge in [0.2, 0.25) is 0 Å². The normalized spacial score (nSPS) is 10.2. The van der Waals surface area contributed by atoms with Gasteiger partial charge in [-0.25, -0.2) is 0 Å². The monoisotopic (exact) mass is 380 g/mol. The van der Waals surface area contributed by atoms with E-state index >= 15 is 0 Å². The fourth-order valence-corrected chi connectivity index (χ4v) is 1.48. The van der Waals surface area contributed by atoms with Crippen molar-refractivity contribution in [3.63, 3.8) is 0 Å². The fraction of sp³-hybridized carbons (Fsp3) is 0.600. The third-order valence-electron chi connectivity index (χ3n) is 2.17. The number of carboxylic acid groups (broad SMARTS) is 4. The van der Waals surface area contributed by atoms with E-state index in [4.69, 9.17) is 20.4 Å². The molecule has 21 heavy (non-hydrogen) atoms. The van der Waals surface area contributed by atoms with Crippen molar-refractivity contribution in [1.82, 2.24) is 9.80 Å². The molecule has 4 N–H and O–H groups in total. The maximum atomic E-state index is 10.6. The third-order valence-corrected chi connectivity index (χ3v) is 2.17. The van der Waals surface area contributed by atoms with Crippen LogP contribution >= 0.6 is 0 Å². The fourth-order valence-electron chi connectivity index (χ4n) is 1.48. The second kappa shape index (κ2) is 11.9. The maximum absolute atomic E-state index is 10.6. The van der Waals surface area contributed by atoms with Gasteiger partial charge < -0.3 is 20.4 Å². The molecule has 0 aromatic carbocycles. The number of hydrogen-bond donors (Lipinski definition) is 4. The van der Waals surface area contributed by atoms with E-state index in [2.05, 4.69) is 0 Å². The SMILES string of the molecule is O=C(O)CN(CCN(CC(=O)O)CC(=O)O)CC(=O)O.[Sr]. The Morgan fingerprint density at radius 1 is 0.571 bits per heavy atom. The summed E-state index contributed by atoms with van der Waals surface area (Å²) >= 11 is 0. The second-order valence-electron chi connectivity index (χ2n) is 4.00. The first-order chi connectivity index (χ1) is 9.20. The van der Waals surface area contributed by atoms with E-state index in [-0.39, 0.29) is 58.6 Å². The summed E-state index contributed by atoms with van der Waals surface area (Å²) in [5.41, 5.74) is 0. The Morgan fingerprint density at radius 3 is 0.905 bits per heavy atom. The molecule has 0 amide bonds. The van der Waals surface area contributed by atoms with Crippen LogP contribution < -0.4 is 0 Å². The van der Waals surface area contributed by atoms with Gasteiger partial charge in [-0.05, 0) is 0 Å². The van der Waals surface area contributed by atoms with Gasteiger partial charge in [0, 0.05) is 58.6 Å². The molecule has 0 bridgehead atoms. The van der Waals surface area contributed by atoms with Crippen LogP contribution in [0.1, 0.15) is 0 Å². The van der Waals surface area contributed by atoms with Crippen molar-refractivity contribution < 1.29 is 39.6 Å². The summed E-state index contributed by atoms with van der Waals surface area (Å²) < 4.78 is 0. The Kier molecular flexibility index (Phi) is 12.8. The van der Waals surface area contributed by atoms with E-state index in [0.717, 1.165) is 9.80 Å². The molecule has 0 unspecified atom stereocenters. The van der Waals surface area contributed by atoms with E-state index < -0.39 is 50.1 Å². The molecular formula is C10H16N2O8Sr. The van der Waals surface area contributed by atoms with Gasteiger partial charge in [0.1, 0.15) is 0 Å². The molecule has 2 radical (unpaired) electrons. The minimum absolute atomic E-state index is 0. The van der Waals surface area contributed by atoms with Gasteiger partial charge in [-0.15, -0.1) is 0 Å². The molecule has 0 aliphatic carbocycles. The molecule has 0 spiro atoms. The molecular weight excluding hydrogens is 364 g/mol. The summed E-state index contributed by atoms with van der Waals surface area (Å²) in [6.45, 7) is -2.25. The molecule has 0 aliphatic heterocycles. The molecule has 0 saturated heterocycles. The van der Waals surface area contributed by atoms with Crippen LogP contribution in [-0.2, 0) is 19.2 Å². The molecule has 116 valence electrons. The zero-order chi connectivity index (χ0) is 15.7. The average Bonchev–Trinajstić information content (AvgIpc) is 2.22. The van der Waals surface area contributed by atoms with Crippen molar-refractivity contribution >= 4 is 69.4 Å². The number of aliphatic carboxylic acids is 4. The summed E-state index contributed by atoms with van der Waals surface area (Å²) in [6.07, 6.45) is 0. The molecule has 0 heterocycles. The average molecular weight is 380 g/mol. The molecule has 0 rings (SSSR count). The number of carboxylic acids is 4. The first-order valence-electron chi connectivity index (χ1n) is 5.52. The Bertz CT molecular complexity index is 321. The van der Waals surface area contributed by atoms with Gasteiger partial charge in [0.25, 0.3) is 0 Å². The third kappa shape index (κ3) is 14.0. The smallest absolute Gasteiger partial charge is 0.317 e. The van der Waals surface area contributed by atoms with Crippen molar-refractivity contribution in [2.45, 2.75) is 0 Å². The summed E-state index contributed by atoms with van der Waals surface area (Å²) in [7, 11) is 0. The van der Waals surface area contributed by atoms with Gasteiger partial charge in [-0.3, -0.25) is 29.0 Å². The van der Waals surface area contributed by atoms with Crippen molar-refractivity contribution in [1.29, 1.82) is 0 Å². The summed E-state index contributed by atoms with van der Waals surface area (Å²) in [6, 6.07) is 0. The summed E-state index contributed by atoms with van der Waals surface area (Å²) in [5.74, 6) is -4.91. The maximum Gasteiger partial charge on any atom is 0.317 e. The van der Waals surface area contributed by atoms with Crippen LogP contribution in [0, 0.1) is 0 Å². The van der Waals surface area contributed by atoms with Gasteiger partial charge in [-0.1, -0.05) is 0 Å². The quantitative estimate of drug-likeness (QED) is 0.284. The summed E-state index contributed by atoms with van der Waals surface area (Å²) in [5, 5.41) is 34.5. The molecule has 0 saturated carbocycles. The van der Waals surface area contributed by atoms with Gasteiger partial charge in [0.05, 0.1) is 26.2 Å². The van der Waals surface area contributed by atoms with E-state index in [1.54, 1.807) is 0 Å². The minimum atomic E-state index is -1.23. The molecule has 10 nitrogen and oxygen atoms in total. The minimum Gasteiger partial charge on any atom is -0.480 e. The van der Waals surface area contributed by atoms with Crippen LogP contribution in [-0.4, -0.2) is 139 Å². The van der Waals surface area contributed by atoms with E-state index in [1.165, 1.54) is 0 Å². The largest absolute Gasteiger partial charge is 0.480 e. The molecule has 0 aliphatic rings. The van der Waals surface area contributed by atoms with Crippen molar-refractivity contribution in [3.8, 4) is 0 Å². The molecule has 11 heteroatoms. The van der Waals surface area contributed by atoms with Crippen LogP contribution in [0.2, 0.25) is 0 Å². The predicted octanol–water partition coefficient (Wildman–Crippen LogP) is -2.45. The molecule has 0 aromatic rings. The zero-order valence-electron chi connectivity index (χ0n) is 11.3. The van der Waals surface area contributed by atoms with Crippen molar-refractivity contribution in [3.05, 3.63) is 0 Å². The Labute approximate surface area is 157 Å². The van der Waals surface area contributed by atoms with Crippen LogP contribution in [0.5, 0.6) is 0 Å². The standard InChI is InChI=1S/C10H16N2O8.Sr/c13-7(14)3-11(4-8(15)16)1-2-12(5-9(17)18)6-10(19)20;/h1-6H2,(H,13,14)(H,15,16)(H,17,18)(H,19,20);. The molecule has 0 aromatic heterocycles. The molecule has 0 fully saturated rings. The van der Waals surface area contributed by atoms with Gasteiger partial charge in [0.15, 0.2) is 0 Å². The van der Waals surface area contributed by atoms with Gasteiger partial charge >= 0.3 is 23.9 Å². The van der Waals surface area contributed by atoms with E-state index in [0.29, 0.717) is 0 Å². The number of carbonyl (C=O) groups is 4. The Morgan fingerprint density at radius 2 is 0.762 bits per heavy atom. The number of rotatable bonds is 11. The Balaban J connectivity index is 0. The van der Waals surface area contributed by atoms with E-state index in [1.807, 2.05) is 0 Å². The Hall–Kier alpha value is -0.719. The summed E-state index contributed by atoms with van der Waals surface area (Å²) in [4.78, 5) is 44.4. The first-order valence-corrected chi connectivity index (χ1v) is 5.52. The first kappa shape index (κ1) is 22.6. The van der Waals surface area contributed by atoms with Crippen molar-refractivity contribution in [2.24, 2.45) is 0 Å². The van der Waals surface area contributed by atoms with Crippen molar-refractivity contribution in [2.75, 3.05) is 39.3 Å². The van der Waals surface area contributed by atoms with Gasteiger partial charge in [-0.2, -0.15) is 0 Å². The zero-order valence-corrected chi connectivity index (χ0v) is 14.7. The second-order valence-corrected chi connectivity index (χ2v) is 4.00. The van der Waals surface area contributed by atoms with Crippen LogP contribution in [0.15, 0.2) is 0 Å². The number of nitrogens with zero attached hydrogens (tertiary/aromatic N) is 2. The van der Waals surface area contributed by atoms with Crippen LogP contribution in [0.4, 0.5) is 0 Å². The topological polar surface area (TPSA) is 156 Å². The van der Waals surface area contributed by atoms with E-state index in [9.17, 15) is 19.2 Å². The van der Waals surface area contributed by atoms with Crippen LogP contribution in [0.25, 0.3) is 0 Å².